The van der Waals surface area contributed by atoms with Crippen LogP contribution < -0.4 is 14.9 Å². The first-order valence-electron chi connectivity index (χ1n) is 7.57. The summed E-state index contributed by atoms with van der Waals surface area (Å²) >= 11 is 5.86. The maximum absolute atomic E-state index is 12.0. The zero-order valence-corrected chi connectivity index (χ0v) is 17.7. The lowest BCUT2D eigenvalue weighted by Crippen LogP contribution is -2.26. The Labute approximate surface area is 164 Å². The van der Waals surface area contributed by atoms with E-state index in [2.05, 4.69) is 40.0 Å². The molecule has 1 aromatic rings. The van der Waals surface area contributed by atoms with Crippen molar-refractivity contribution in [2.75, 3.05) is 25.2 Å². The van der Waals surface area contributed by atoms with Crippen molar-refractivity contribution >= 4 is 58.2 Å². The number of hydrogen-bond donors (Lipinski definition) is 1. The number of thioether (sulfide) groups is 2. The summed E-state index contributed by atoms with van der Waals surface area (Å²) in [5.41, 5.74) is 3.46. The Balaban J connectivity index is 1.99. The van der Waals surface area contributed by atoms with E-state index in [1.54, 1.807) is 13.3 Å². The molecule has 1 amide bonds. The molecule has 8 heteroatoms. The van der Waals surface area contributed by atoms with E-state index in [1.165, 1.54) is 0 Å². The Bertz CT molecular complexity index is 620. The Kier molecular flexibility index (Phi) is 7.55. The minimum Gasteiger partial charge on any atom is -0.492 e. The number of nitrogens with one attached hydrogen (secondary N) is 1. The third-order valence-electron chi connectivity index (χ3n) is 3.32. The molecule has 1 aromatic carbocycles. The predicted molar refractivity (Wildman–Crippen MR) is 111 cm³/mol. The van der Waals surface area contributed by atoms with Gasteiger partial charge in [0, 0.05) is 11.5 Å². The van der Waals surface area contributed by atoms with Gasteiger partial charge in [-0.15, -0.1) is 23.5 Å². The number of ether oxygens (including phenoxy) is 2. The van der Waals surface area contributed by atoms with Gasteiger partial charge in [0.25, 0.3) is 0 Å². The molecule has 1 aliphatic rings. The van der Waals surface area contributed by atoms with Gasteiger partial charge in [0.15, 0.2) is 11.5 Å². The fraction of sp³-hybridized carbons (Fsp3) is 0.500. The highest BCUT2D eigenvalue weighted by Crippen LogP contribution is 2.45. The van der Waals surface area contributed by atoms with Gasteiger partial charge in [-0.3, -0.25) is 4.79 Å². The van der Waals surface area contributed by atoms with Crippen LogP contribution >= 0.6 is 46.1 Å². The summed E-state index contributed by atoms with van der Waals surface area (Å²) in [5.74, 6) is 3.52. The van der Waals surface area contributed by atoms with Gasteiger partial charge < -0.3 is 9.47 Å². The minimum absolute atomic E-state index is 0.0305. The van der Waals surface area contributed by atoms with Gasteiger partial charge in [0.05, 0.1) is 34.0 Å². The number of hydrogen-bond acceptors (Lipinski definition) is 6. The Hall–Kier alpha value is -0.610. The minimum atomic E-state index is -0.0658. The number of amides is 1. The zero-order valence-electron chi connectivity index (χ0n) is 13.9. The second-order valence-corrected chi connectivity index (χ2v) is 9.88. The molecule has 0 saturated carbocycles. The second kappa shape index (κ2) is 9.19. The van der Waals surface area contributed by atoms with Crippen molar-refractivity contribution in [3.8, 4) is 11.5 Å². The van der Waals surface area contributed by atoms with Crippen LogP contribution in [0.2, 0.25) is 0 Å². The van der Waals surface area contributed by atoms with Gasteiger partial charge in [0.1, 0.15) is 0 Å². The first kappa shape index (κ1) is 19.7. The van der Waals surface area contributed by atoms with Crippen molar-refractivity contribution in [3.63, 3.8) is 0 Å². The summed E-state index contributed by atoms with van der Waals surface area (Å²) in [4.78, 5) is 12.0. The molecule has 0 aliphatic carbocycles. The average molecular weight is 480 g/mol. The highest BCUT2D eigenvalue weighted by Gasteiger charge is 2.32. The van der Waals surface area contributed by atoms with Gasteiger partial charge >= 0.3 is 0 Å². The van der Waals surface area contributed by atoms with E-state index in [0.717, 1.165) is 20.6 Å². The summed E-state index contributed by atoms with van der Waals surface area (Å²) in [6, 6.07) is 3.78. The maximum Gasteiger partial charge on any atom is 0.242 e. The van der Waals surface area contributed by atoms with Crippen molar-refractivity contribution < 1.29 is 14.3 Å². The summed E-state index contributed by atoms with van der Waals surface area (Å²) in [6.45, 7) is 4.59. The quantitative estimate of drug-likeness (QED) is 0.366. The molecule has 1 aliphatic heterocycles. The Morgan fingerprint density at radius 2 is 2.17 bits per heavy atom. The number of rotatable bonds is 7. The first-order valence-corrected chi connectivity index (χ1v) is 10.6. The lowest BCUT2D eigenvalue weighted by Gasteiger charge is -2.19. The molecule has 5 nitrogen and oxygen atoms in total. The van der Waals surface area contributed by atoms with Crippen LogP contribution in [0.3, 0.4) is 0 Å². The van der Waals surface area contributed by atoms with Crippen LogP contribution in [-0.4, -0.2) is 41.4 Å². The first-order chi connectivity index (χ1) is 11.5. The molecule has 1 fully saturated rings. The summed E-state index contributed by atoms with van der Waals surface area (Å²) < 4.78 is 11.9. The molecule has 132 valence electrons. The molecule has 0 unspecified atom stereocenters. The highest BCUT2D eigenvalue weighted by molar-refractivity contribution is 14.1. The molecule has 0 radical (unpaired) electrons. The third-order valence-corrected chi connectivity index (χ3v) is 7.41. The summed E-state index contributed by atoms with van der Waals surface area (Å²) in [7, 11) is 1.62. The molecule has 0 aromatic heterocycles. The van der Waals surface area contributed by atoms with Gasteiger partial charge in [0.2, 0.25) is 5.91 Å². The number of halogens is 1. The van der Waals surface area contributed by atoms with Crippen LogP contribution in [0.25, 0.3) is 0 Å². The summed E-state index contributed by atoms with van der Waals surface area (Å²) in [5, 5.41) is 4.07. The SMILES string of the molecule is CCOc1cc(C=NNC(=O)CC2(C)SCCS2)cc(I)c1OC. The largest absolute Gasteiger partial charge is 0.492 e. The predicted octanol–water partition coefficient (Wildman–Crippen LogP) is 3.73. The normalized spacial score (nSPS) is 16.3. The molecule has 0 spiro atoms. The van der Waals surface area contributed by atoms with Crippen molar-refractivity contribution in [2.24, 2.45) is 5.10 Å². The van der Waals surface area contributed by atoms with E-state index in [0.29, 0.717) is 24.5 Å². The fourth-order valence-electron chi connectivity index (χ4n) is 2.29. The maximum atomic E-state index is 12.0. The van der Waals surface area contributed by atoms with Crippen molar-refractivity contribution in [1.29, 1.82) is 0 Å². The van der Waals surface area contributed by atoms with Crippen molar-refractivity contribution in [1.82, 2.24) is 5.43 Å². The molecule has 1 N–H and O–H groups in total. The number of carbonyl (C=O) groups excluding carboxylic acids is 1. The van der Waals surface area contributed by atoms with Crippen LogP contribution in [0.1, 0.15) is 25.8 Å². The molecule has 0 atom stereocenters. The third kappa shape index (κ3) is 5.45. The Morgan fingerprint density at radius 3 is 2.79 bits per heavy atom. The molecule has 24 heavy (non-hydrogen) atoms. The number of hydrazone groups is 1. The Morgan fingerprint density at radius 1 is 1.46 bits per heavy atom. The molecule has 0 bridgehead atoms. The van der Waals surface area contributed by atoms with Crippen LogP contribution in [0, 0.1) is 3.57 Å². The standard InChI is InChI=1S/C16H21IN2O3S2/c1-4-22-13-8-11(7-12(17)15(13)21-3)10-18-19-14(20)9-16(2)23-5-6-24-16/h7-8,10H,4-6,9H2,1-3H3,(H,19,20). The summed E-state index contributed by atoms with van der Waals surface area (Å²) in [6.07, 6.45) is 2.09. The van der Waals surface area contributed by atoms with Gasteiger partial charge in [-0.05, 0) is 54.1 Å². The molecular weight excluding hydrogens is 459 g/mol. The number of methoxy groups -OCH3 is 1. The van der Waals surface area contributed by atoms with E-state index in [1.807, 2.05) is 42.6 Å². The van der Waals surface area contributed by atoms with Crippen molar-refractivity contribution in [2.45, 2.75) is 24.3 Å². The van der Waals surface area contributed by atoms with E-state index >= 15 is 0 Å². The smallest absolute Gasteiger partial charge is 0.242 e. The molecule has 2 rings (SSSR count). The fourth-order valence-corrected chi connectivity index (χ4v) is 5.97. The van der Waals surface area contributed by atoms with E-state index in [9.17, 15) is 4.79 Å². The van der Waals surface area contributed by atoms with Gasteiger partial charge in [-0.1, -0.05) is 0 Å². The lowest BCUT2D eigenvalue weighted by molar-refractivity contribution is -0.121. The monoisotopic (exact) mass is 480 g/mol. The van der Waals surface area contributed by atoms with Gasteiger partial charge in [-0.25, -0.2) is 5.43 Å². The average Bonchev–Trinajstić information content (AvgIpc) is 2.93. The highest BCUT2D eigenvalue weighted by atomic mass is 127. The van der Waals surface area contributed by atoms with E-state index in [-0.39, 0.29) is 9.99 Å². The number of carbonyl (C=O) groups is 1. The number of benzene rings is 1. The van der Waals surface area contributed by atoms with Crippen LogP contribution in [0.5, 0.6) is 11.5 Å². The van der Waals surface area contributed by atoms with Gasteiger partial charge in [-0.2, -0.15) is 5.10 Å². The molecule has 1 saturated heterocycles. The molecule has 1 heterocycles. The number of nitrogens with zero attached hydrogens (tertiary/aromatic N) is 1. The molecular formula is C16H21IN2O3S2. The van der Waals surface area contributed by atoms with E-state index < -0.39 is 0 Å². The van der Waals surface area contributed by atoms with Crippen molar-refractivity contribution in [3.05, 3.63) is 21.3 Å². The second-order valence-electron chi connectivity index (χ2n) is 5.27. The van der Waals surface area contributed by atoms with Crippen LogP contribution in [-0.2, 0) is 4.79 Å². The topological polar surface area (TPSA) is 59.9 Å². The lowest BCUT2D eigenvalue weighted by atomic mass is 10.2. The zero-order chi connectivity index (χ0) is 17.6. The van der Waals surface area contributed by atoms with E-state index in [4.69, 9.17) is 9.47 Å². The van der Waals surface area contributed by atoms with Crippen LogP contribution in [0.4, 0.5) is 0 Å². The van der Waals surface area contributed by atoms with Crippen LogP contribution in [0.15, 0.2) is 17.2 Å².